The van der Waals surface area contributed by atoms with Crippen molar-refractivity contribution >= 4 is 34.6 Å². The van der Waals surface area contributed by atoms with Crippen LogP contribution in [-0.4, -0.2) is 57.6 Å². The number of aromatic nitrogens is 2. The lowest BCUT2D eigenvalue weighted by molar-refractivity contribution is -0.0260. The van der Waals surface area contributed by atoms with E-state index in [-0.39, 0.29) is 22.7 Å². The number of nitrogens with zero attached hydrogens (tertiary/aromatic N) is 2. The maximum absolute atomic E-state index is 12.8. The summed E-state index contributed by atoms with van der Waals surface area (Å²) in [6.07, 6.45) is 1.86. The van der Waals surface area contributed by atoms with Gasteiger partial charge >= 0.3 is 6.09 Å². The van der Waals surface area contributed by atoms with Gasteiger partial charge in [-0.05, 0) is 33.3 Å². The average molecular weight is 396 g/mol. The zero-order valence-electron chi connectivity index (χ0n) is 15.4. The first-order valence-electron chi connectivity index (χ1n) is 8.63. The van der Waals surface area contributed by atoms with Crippen LogP contribution in [0.1, 0.15) is 37.6 Å². The normalized spacial score (nSPS) is 20.5. The molecule has 2 N–H and O–H groups in total. The molecule has 27 heavy (non-hydrogen) atoms. The van der Waals surface area contributed by atoms with Gasteiger partial charge in [0.1, 0.15) is 11.1 Å². The Morgan fingerprint density at radius 3 is 2.85 bits per heavy atom. The van der Waals surface area contributed by atoms with E-state index in [0.717, 1.165) is 0 Å². The number of fused-ring (bicyclic) bond motifs is 1. The van der Waals surface area contributed by atoms with Crippen molar-refractivity contribution in [3.63, 3.8) is 0 Å². The molecule has 2 aromatic rings. The summed E-state index contributed by atoms with van der Waals surface area (Å²) in [5.41, 5.74) is 0.0485. The molecule has 0 spiro atoms. The molecule has 3 heterocycles. The third-order valence-electron chi connectivity index (χ3n) is 4.11. The van der Waals surface area contributed by atoms with Crippen molar-refractivity contribution in [1.29, 1.82) is 0 Å². The van der Waals surface area contributed by atoms with Crippen LogP contribution in [0.5, 0.6) is 0 Å². The highest BCUT2D eigenvalue weighted by molar-refractivity contribution is 6.35. The molecule has 0 aliphatic carbocycles. The fourth-order valence-corrected chi connectivity index (χ4v) is 3.11. The maximum atomic E-state index is 12.8. The molecule has 146 valence electrons. The third-order valence-corrected chi connectivity index (χ3v) is 4.41. The highest BCUT2D eigenvalue weighted by Crippen LogP contribution is 2.27. The highest BCUT2D eigenvalue weighted by Gasteiger charge is 2.29. The number of aliphatic hydroxyl groups is 1. The first-order chi connectivity index (χ1) is 12.7. The van der Waals surface area contributed by atoms with Gasteiger partial charge in [0.25, 0.3) is 5.91 Å². The molecule has 9 heteroatoms. The summed E-state index contributed by atoms with van der Waals surface area (Å²) in [5, 5.41) is 13.0. The summed E-state index contributed by atoms with van der Waals surface area (Å²) in [5.74, 6) is -0.456. The van der Waals surface area contributed by atoms with Crippen molar-refractivity contribution in [2.45, 2.75) is 44.9 Å². The topological polar surface area (TPSA) is 103 Å². The molecule has 8 nitrogen and oxygen atoms in total. The molecule has 1 saturated heterocycles. The Morgan fingerprint density at radius 1 is 1.44 bits per heavy atom. The van der Waals surface area contributed by atoms with Gasteiger partial charge in [0.2, 0.25) is 0 Å². The minimum Gasteiger partial charge on any atom is -0.443 e. The molecule has 0 aromatic carbocycles. The molecule has 1 fully saturated rings. The van der Waals surface area contributed by atoms with E-state index in [0.29, 0.717) is 18.5 Å². The molecule has 2 unspecified atom stereocenters. The van der Waals surface area contributed by atoms with Crippen LogP contribution in [0, 0.1) is 0 Å². The number of hydrogen-bond acceptors (Lipinski definition) is 6. The van der Waals surface area contributed by atoms with Gasteiger partial charge in [-0.1, -0.05) is 11.6 Å². The molecular formula is C18H22ClN3O5. The minimum absolute atomic E-state index is 0.161. The second-order valence-corrected chi connectivity index (χ2v) is 7.80. The molecule has 1 aliphatic heterocycles. The summed E-state index contributed by atoms with van der Waals surface area (Å²) in [4.78, 5) is 29.6. The van der Waals surface area contributed by atoms with Crippen LogP contribution in [0.15, 0.2) is 18.5 Å². The van der Waals surface area contributed by atoms with Gasteiger partial charge in [0, 0.05) is 19.0 Å². The van der Waals surface area contributed by atoms with Crippen LogP contribution in [0.4, 0.5) is 4.79 Å². The number of hydrogen-bond donors (Lipinski definition) is 2. The van der Waals surface area contributed by atoms with E-state index in [2.05, 4.69) is 10.3 Å². The number of amides is 1. The summed E-state index contributed by atoms with van der Waals surface area (Å²) in [6, 6.07) is 1.10. The zero-order valence-corrected chi connectivity index (χ0v) is 16.1. The van der Waals surface area contributed by atoms with Gasteiger partial charge in [-0.2, -0.15) is 0 Å². The van der Waals surface area contributed by atoms with Crippen LogP contribution < -0.4 is 5.32 Å². The molecule has 1 aliphatic rings. The summed E-state index contributed by atoms with van der Waals surface area (Å²) in [7, 11) is 0. The van der Waals surface area contributed by atoms with E-state index < -0.39 is 29.7 Å². The van der Waals surface area contributed by atoms with Crippen LogP contribution in [0.2, 0.25) is 5.02 Å². The monoisotopic (exact) mass is 395 g/mol. The number of carbonyl (C=O) groups excluding carboxylic acids is 2. The van der Waals surface area contributed by atoms with E-state index >= 15 is 0 Å². The van der Waals surface area contributed by atoms with E-state index in [1.807, 2.05) is 0 Å². The van der Waals surface area contributed by atoms with E-state index in [4.69, 9.17) is 21.1 Å². The molecule has 2 aromatic heterocycles. The minimum atomic E-state index is -0.793. The molecule has 0 bridgehead atoms. The number of pyridine rings is 1. The first kappa shape index (κ1) is 19.6. The van der Waals surface area contributed by atoms with Crippen molar-refractivity contribution in [1.82, 2.24) is 14.9 Å². The molecule has 0 radical (unpaired) electrons. The maximum Gasteiger partial charge on any atom is 0.419 e. The van der Waals surface area contributed by atoms with Crippen LogP contribution >= 0.6 is 11.6 Å². The van der Waals surface area contributed by atoms with Gasteiger partial charge in [0.05, 0.1) is 34.9 Å². The van der Waals surface area contributed by atoms with E-state index in [9.17, 15) is 14.7 Å². The Labute approximate surface area is 161 Å². The zero-order chi connectivity index (χ0) is 19.8. The fourth-order valence-electron chi connectivity index (χ4n) is 2.87. The smallest absolute Gasteiger partial charge is 0.419 e. The predicted octanol–water partition coefficient (Wildman–Crippen LogP) is 2.35. The largest absolute Gasteiger partial charge is 0.443 e. The standard InChI is InChI=1S/C18H22ClN3O5/c1-18(2,3)27-17(25)22-8-10(14-15(22)11(19)4-6-20-14)16(24)21-12-5-7-26-9-13(12)23/h4,6,8,12-13,23H,5,7,9H2,1-3H3,(H,21,24). The summed E-state index contributed by atoms with van der Waals surface area (Å²) in [6.45, 7) is 5.85. The van der Waals surface area contributed by atoms with Gasteiger partial charge in [-0.25, -0.2) is 9.36 Å². The van der Waals surface area contributed by atoms with Crippen molar-refractivity contribution in [2.75, 3.05) is 13.2 Å². The van der Waals surface area contributed by atoms with Gasteiger partial charge < -0.3 is 19.9 Å². The number of rotatable bonds is 2. The Morgan fingerprint density at radius 2 is 2.19 bits per heavy atom. The predicted molar refractivity (Wildman–Crippen MR) is 99.1 cm³/mol. The lowest BCUT2D eigenvalue weighted by Crippen LogP contribution is -2.48. The lowest BCUT2D eigenvalue weighted by Gasteiger charge is -2.28. The fraction of sp³-hybridized carbons (Fsp3) is 0.500. The highest BCUT2D eigenvalue weighted by atomic mass is 35.5. The first-order valence-corrected chi connectivity index (χ1v) is 9.01. The Balaban J connectivity index is 1.97. The van der Waals surface area contributed by atoms with Gasteiger partial charge in [0.15, 0.2) is 0 Å². The number of halogens is 1. The second-order valence-electron chi connectivity index (χ2n) is 7.39. The van der Waals surface area contributed by atoms with Crippen LogP contribution in [-0.2, 0) is 9.47 Å². The third kappa shape index (κ3) is 4.23. The molecular weight excluding hydrogens is 374 g/mol. The van der Waals surface area contributed by atoms with Crippen molar-refractivity contribution in [3.8, 4) is 0 Å². The Kier molecular flexibility index (Phi) is 5.41. The average Bonchev–Trinajstić information content (AvgIpc) is 2.97. The Bertz CT molecular complexity index is 874. The number of nitrogens with one attached hydrogen (secondary N) is 1. The van der Waals surface area contributed by atoms with Crippen LogP contribution in [0.3, 0.4) is 0 Å². The quantitative estimate of drug-likeness (QED) is 0.809. The second kappa shape index (κ2) is 7.46. The summed E-state index contributed by atoms with van der Waals surface area (Å²) < 4.78 is 11.8. The van der Waals surface area contributed by atoms with Gasteiger partial charge in [-0.15, -0.1) is 0 Å². The number of ether oxygens (including phenoxy) is 2. The van der Waals surface area contributed by atoms with Crippen molar-refractivity contribution in [2.24, 2.45) is 0 Å². The van der Waals surface area contributed by atoms with Crippen molar-refractivity contribution < 1.29 is 24.2 Å². The van der Waals surface area contributed by atoms with E-state index in [1.165, 1.54) is 23.0 Å². The van der Waals surface area contributed by atoms with Gasteiger partial charge in [-0.3, -0.25) is 9.78 Å². The SMILES string of the molecule is CC(C)(C)OC(=O)n1cc(C(=O)NC2CCOCC2O)c2nccc(Cl)c21. The Hall–Kier alpha value is -2.16. The molecule has 0 saturated carbocycles. The number of aliphatic hydroxyl groups excluding tert-OH is 1. The van der Waals surface area contributed by atoms with Crippen LogP contribution in [0.25, 0.3) is 11.0 Å². The molecule has 1 amide bonds. The molecule has 2 atom stereocenters. The lowest BCUT2D eigenvalue weighted by atomic mass is 10.1. The molecule has 3 rings (SSSR count). The summed E-state index contributed by atoms with van der Waals surface area (Å²) >= 11 is 6.25. The van der Waals surface area contributed by atoms with E-state index in [1.54, 1.807) is 20.8 Å². The van der Waals surface area contributed by atoms with Crippen molar-refractivity contribution in [3.05, 3.63) is 29.0 Å². The number of carbonyl (C=O) groups is 2.